The molecule has 0 aliphatic rings. The highest BCUT2D eigenvalue weighted by Crippen LogP contribution is 2.20. The van der Waals surface area contributed by atoms with E-state index in [2.05, 4.69) is 13.8 Å². The summed E-state index contributed by atoms with van der Waals surface area (Å²) in [5.74, 6) is 0.527. The highest BCUT2D eigenvalue weighted by atomic mass is 19.1. The second-order valence-corrected chi connectivity index (χ2v) is 3.48. The molecule has 0 spiro atoms. The van der Waals surface area contributed by atoms with E-state index in [-0.39, 0.29) is 6.67 Å². The Morgan fingerprint density at radius 1 is 1.33 bits per heavy atom. The molecule has 0 N–H and O–H groups in total. The summed E-state index contributed by atoms with van der Waals surface area (Å²) in [6, 6.07) is 5.81. The van der Waals surface area contributed by atoms with Crippen LogP contribution in [0, 0.1) is 6.92 Å². The number of hydrogen-bond acceptors (Lipinski definition) is 0. The Bertz CT molecular complexity index is 264. The first-order chi connectivity index (χ1) is 5.65. The van der Waals surface area contributed by atoms with Crippen LogP contribution in [0.5, 0.6) is 0 Å². The first-order valence-electron chi connectivity index (χ1n) is 4.30. The molecular formula is C11H15F. The van der Waals surface area contributed by atoms with E-state index in [1.807, 2.05) is 25.1 Å². The van der Waals surface area contributed by atoms with Gasteiger partial charge < -0.3 is 0 Å². The second kappa shape index (κ2) is 3.70. The van der Waals surface area contributed by atoms with Crippen molar-refractivity contribution in [2.75, 3.05) is 0 Å². The molecule has 0 saturated heterocycles. The first-order valence-corrected chi connectivity index (χ1v) is 4.30. The maximum Gasteiger partial charge on any atom is 0.115 e. The predicted molar refractivity (Wildman–Crippen MR) is 50.1 cm³/mol. The van der Waals surface area contributed by atoms with E-state index in [9.17, 15) is 4.39 Å². The van der Waals surface area contributed by atoms with Crippen molar-refractivity contribution in [2.45, 2.75) is 33.4 Å². The van der Waals surface area contributed by atoms with Gasteiger partial charge in [-0.15, -0.1) is 0 Å². The molecule has 0 aliphatic carbocycles. The Morgan fingerprint density at radius 2 is 2.00 bits per heavy atom. The molecule has 0 amide bonds. The van der Waals surface area contributed by atoms with Gasteiger partial charge in [0, 0.05) is 0 Å². The second-order valence-electron chi connectivity index (χ2n) is 3.48. The van der Waals surface area contributed by atoms with E-state index >= 15 is 0 Å². The summed E-state index contributed by atoms with van der Waals surface area (Å²) in [6.45, 7) is 5.97. The zero-order valence-corrected chi connectivity index (χ0v) is 7.89. The van der Waals surface area contributed by atoms with Crippen LogP contribution in [0.2, 0.25) is 0 Å². The molecule has 0 bridgehead atoms. The van der Waals surface area contributed by atoms with Gasteiger partial charge in [-0.3, -0.25) is 0 Å². The fourth-order valence-corrected chi connectivity index (χ4v) is 1.47. The summed E-state index contributed by atoms with van der Waals surface area (Å²) >= 11 is 0. The summed E-state index contributed by atoms with van der Waals surface area (Å²) in [6.07, 6.45) is 0. The highest BCUT2D eigenvalue weighted by Gasteiger charge is 2.03. The van der Waals surface area contributed by atoms with Gasteiger partial charge >= 0.3 is 0 Å². The fourth-order valence-electron chi connectivity index (χ4n) is 1.47. The summed E-state index contributed by atoms with van der Waals surface area (Å²) in [4.78, 5) is 0. The summed E-state index contributed by atoms with van der Waals surface area (Å²) < 4.78 is 12.2. The minimum Gasteiger partial charge on any atom is -0.246 e. The van der Waals surface area contributed by atoms with E-state index in [0.29, 0.717) is 5.92 Å². The molecular weight excluding hydrogens is 151 g/mol. The average molecular weight is 166 g/mol. The van der Waals surface area contributed by atoms with Gasteiger partial charge in [0.05, 0.1) is 0 Å². The van der Waals surface area contributed by atoms with Crippen molar-refractivity contribution in [1.29, 1.82) is 0 Å². The predicted octanol–water partition coefficient (Wildman–Crippen LogP) is 3.59. The highest BCUT2D eigenvalue weighted by molar-refractivity contribution is 5.32. The Kier molecular flexibility index (Phi) is 2.85. The van der Waals surface area contributed by atoms with Crippen molar-refractivity contribution in [2.24, 2.45) is 0 Å². The third-order valence-corrected chi connectivity index (χ3v) is 2.11. The van der Waals surface area contributed by atoms with Crippen LogP contribution < -0.4 is 0 Å². The van der Waals surface area contributed by atoms with Crippen molar-refractivity contribution in [3.8, 4) is 0 Å². The van der Waals surface area contributed by atoms with Crippen molar-refractivity contribution in [1.82, 2.24) is 0 Å². The van der Waals surface area contributed by atoms with E-state index in [1.165, 1.54) is 11.1 Å². The molecule has 1 rings (SSSR count). The SMILES string of the molecule is Cc1cc(CF)ccc1C(C)C. The van der Waals surface area contributed by atoms with E-state index in [0.717, 1.165) is 5.56 Å². The lowest BCUT2D eigenvalue weighted by Gasteiger charge is -2.09. The van der Waals surface area contributed by atoms with Crippen LogP contribution in [0.1, 0.15) is 36.5 Å². The Labute approximate surface area is 73.4 Å². The molecule has 1 aromatic carbocycles. The van der Waals surface area contributed by atoms with Crippen molar-refractivity contribution < 1.29 is 4.39 Å². The number of halogens is 1. The maximum atomic E-state index is 12.2. The Morgan fingerprint density at radius 3 is 2.42 bits per heavy atom. The molecule has 0 atom stereocenters. The Hall–Kier alpha value is -0.850. The molecule has 0 fully saturated rings. The third-order valence-electron chi connectivity index (χ3n) is 2.11. The molecule has 1 heteroatoms. The van der Waals surface area contributed by atoms with Crippen LogP contribution in [0.25, 0.3) is 0 Å². The normalized spacial score (nSPS) is 10.8. The van der Waals surface area contributed by atoms with Crippen molar-refractivity contribution in [3.63, 3.8) is 0 Å². The van der Waals surface area contributed by atoms with Gasteiger partial charge in [0.15, 0.2) is 0 Å². The van der Waals surface area contributed by atoms with Gasteiger partial charge in [-0.1, -0.05) is 32.0 Å². The third kappa shape index (κ3) is 1.84. The largest absolute Gasteiger partial charge is 0.246 e. The van der Waals surface area contributed by atoms with Gasteiger partial charge in [0.1, 0.15) is 6.67 Å². The average Bonchev–Trinajstić information content (AvgIpc) is 2.03. The van der Waals surface area contributed by atoms with Crippen LogP contribution in [0.3, 0.4) is 0 Å². The van der Waals surface area contributed by atoms with Crippen LogP contribution >= 0.6 is 0 Å². The standard InChI is InChI=1S/C11H15F/c1-8(2)11-5-4-10(7-12)6-9(11)3/h4-6,8H,7H2,1-3H3. The van der Waals surface area contributed by atoms with Crippen molar-refractivity contribution in [3.05, 3.63) is 34.9 Å². The molecule has 1 aromatic rings. The zero-order valence-electron chi connectivity index (χ0n) is 7.89. The minimum atomic E-state index is -0.362. The molecule has 0 aliphatic heterocycles. The summed E-state index contributed by atoms with van der Waals surface area (Å²) in [5.41, 5.74) is 3.28. The van der Waals surface area contributed by atoms with Crippen LogP contribution in [0.4, 0.5) is 4.39 Å². The maximum absolute atomic E-state index is 12.2. The van der Waals surface area contributed by atoms with Gasteiger partial charge in [-0.2, -0.15) is 0 Å². The molecule has 0 nitrogen and oxygen atoms in total. The number of hydrogen-bond donors (Lipinski definition) is 0. The lowest BCUT2D eigenvalue weighted by atomic mass is 9.96. The van der Waals surface area contributed by atoms with Crippen LogP contribution in [0.15, 0.2) is 18.2 Å². The lowest BCUT2D eigenvalue weighted by molar-refractivity contribution is 0.485. The first kappa shape index (κ1) is 9.24. The number of alkyl halides is 1. The van der Waals surface area contributed by atoms with Gasteiger partial charge in [0.25, 0.3) is 0 Å². The van der Waals surface area contributed by atoms with Gasteiger partial charge in [-0.25, -0.2) is 4.39 Å². The zero-order chi connectivity index (χ0) is 9.14. The molecule has 66 valence electrons. The number of aryl methyl sites for hydroxylation is 1. The molecule has 0 radical (unpaired) electrons. The van der Waals surface area contributed by atoms with Gasteiger partial charge in [0.2, 0.25) is 0 Å². The molecule has 0 unspecified atom stereocenters. The molecule has 0 aromatic heterocycles. The smallest absolute Gasteiger partial charge is 0.115 e. The molecule has 0 heterocycles. The Balaban J connectivity index is 3.03. The van der Waals surface area contributed by atoms with E-state index in [4.69, 9.17) is 0 Å². The number of benzene rings is 1. The lowest BCUT2D eigenvalue weighted by Crippen LogP contribution is -1.92. The monoisotopic (exact) mass is 166 g/mol. The molecule has 12 heavy (non-hydrogen) atoms. The van der Waals surface area contributed by atoms with Gasteiger partial charge in [-0.05, 0) is 29.5 Å². The topological polar surface area (TPSA) is 0 Å². The van der Waals surface area contributed by atoms with E-state index in [1.54, 1.807) is 0 Å². The van der Waals surface area contributed by atoms with Crippen molar-refractivity contribution >= 4 is 0 Å². The van der Waals surface area contributed by atoms with Crippen LogP contribution in [-0.4, -0.2) is 0 Å². The summed E-state index contributed by atoms with van der Waals surface area (Å²) in [7, 11) is 0. The minimum absolute atomic E-state index is 0.362. The molecule has 0 saturated carbocycles. The summed E-state index contributed by atoms with van der Waals surface area (Å²) in [5, 5.41) is 0. The fraction of sp³-hybridized carbons (Fsp3) is 0.455. The number of rotatable bonds is 2. The van der Waals surface area contributed by atoms with E-state index < -0.39 is 0 Å². The van der Waals surface area contributed by atoms with Crippen LogP contribution in [-0.2, 0) is 6.67 Å². The quantitative estimate of drug-likeness (QED) is 0.629.